The van der Waals surface area contributed by atoms with Gasteiger partial charge in [0, 0.05) is 23.1 Å². The van der Waals surface area contributed by atoms with E-state index in [4.69, 9.17) is 5.73 Å². The summed E-state index contributed by atoms with van der Waals surface area (Å²) < 4.78 is 0.973. The van der Waals surface area contributed by atoms with E-state index in [1.165, 1.54) is 0 Å². The van der Waals surface area contributed by atoms with E-state index in [2.05, 4.69) is 28.8 Å². The quantitative estimate of drug-likeness (QED) is 0.865. The third-order valence-corrected chi connectivity index (χ3v) is 4.24. The van der Waals surface area contributed by atoms with Crippen LogP contribution in [0.5, 0.6) is 0 Å². The molecule has 0 atom stereocenters. The summed E-state index contributed by atoms with van der Waals surface area (Å²) in [5, 5.41) is 2.85. The summed E-state index contributed by atoms with van der Waals surface area (Å²) in [6, 6.07) is 0. The summed E-state index contributed by atoms with van der Waals surface area (Å²) in [6.45, 7) is 6.05. The van der Waals surface area contributed by atoms with Crippen molar-refractivity contribution in [1.82, 2.24) is 15.0 Å². The Kier molecular flexibility index (Phi) is 3.63. The highest BCUT2D eigenvalue weighted by Crippen LogP contribution is 2.32. The van der Waals surface area contributed by atoms with Crippen LogP contribution in [-0.2, 0) is 0 Å². The predicted molar refractivity (Wildman–Crippen MR) is 71.5 cm³/mol. The number of anilines is 1. The molecule has 0 aliphatic rings. The zero-order valence-electron chi connectivity index (χ0n) is 9.97. The monoisotopic (exact) mass is 266 g/mol. The average molecular weight is 266 g/mol. The summed E-state index contributed by atoms with van der Waals surface area (Å²) in [4.78, 5) is 13.1. The smallest absolute Gasteiger partial charge is 0.156 e. The summed E-state index contributed by atoms with van der Waals surface area (Å²) in [7, 11) is 0. The van der Waals surface area contributed by atoms with Gasteiger partial charge in [-0.25, -0.2) is 15.0 Å². The number of nitrogens with two attached hydrogens (primary N) is 1. The topological polar surface area (TPSA) is 64.7 Å². The van der Waals surface area contributed by atoms with Crippen molar-refractivity contribution in [3.05, 3.63) is 23.0 Å². The van der Waals surface area contributed by atoms with E-state index < -0.39 is 0 Å². The first-order valence-corrected chi connectivity index (χ1v) is 6.99. The number of nitrogens with zero attached hydrogens (tertiary/aromatic N) is 3. The highest BCUT2D eigenvalue weighted by atomic mass is 32.2. The van der Waals surface area contributed by atoms with Gasteiger partial charge in [-0.15, -0.1) is 11.3 Å². The fourth-order valence-corrected chi connectivity index (χ4v) is 2.86. The fourth-order valence-electron chi connectivity index (χ4n) is 1.23. The van der Waals surface area contributed by atoms with Crippen molar-refractivity contribution in [2.45, 2.75) is 36.1 Å². The van der Waals surface area contributed by atoms with Gasteiger partial charge in [0.05, 0.1) is 0 Å². The van der Waals surface area contributed by atoms with Crippen molar-refractivity contribution in [1.29, 1.82) is 0 Å². The van der Waals surface area contributed by atoms with Crippen molar-refractivity contribution >= 4 is 28.9 Å². The minimum Gasteiger partial charge on any atom is -0.383 e. The third kappa shape index (κ3) is 2.76. The molecule has 0 saturated carbocycles. The van der Waals surface area contributed by atoms with E-state index in [0.717, 1.165) is 20.8 Å². The van der Waals surface area contributed by atoms with Gasteiger partial charge in [0.1, 0.15) is 16.7 Å². The van der Waals surface area contributed by atoms with Crippen LogP contribution in [0.3, 0.4) is 0 Å². The number of hydrogen-bond donors (Lipinski definition) is 1. The Balaban J connectivity index is 2.38. The first kappa shape index (κ1) is 12.3. The molecule has 17 heavy (non-hydrogen) atoms. The zero-order valence-corrected chi connectivity index (χ0v) is 11.6. The molecule has 0 spiro atoms. The molecule has 6 heteroatoms. The third-order valence-electron chi connectivity index (χ3n) is 2.27. The first-order valence-electron chi connectivity index (χ1n) is 5.29. The van der Waals surface area contributed by atoms with Gasteiger partial charge in [0.2, 0.25) is 0 Å². The number of aromatic nitrogens is 3. The Bertz CT molecular complexity index is 508. The molecule has 0 bridgehead atoms. The van der Waals surface area contributed by atoms with Gasteiger partial charge < -0.3 is 5.73 Å². The maximum absolute atomic E-state index is 5.91. The number of hydrogen-bond acceptors (Lipinski definition) is 6. The Hall–Kier alpha value is -1.14. The maximum Gasteiger partial charge on any atom is 0.156 e. The summed E-state index contributed by atoms with van der Waals surface area (Å²) >= 11 is 3.14. The summed E-state index contributed by atoms with van der Waals surface area (Å²) in [6.07, 6.45) is 1.79. The predicted octanol–water partition coefficient (Wildman–Crippen LogP) is 3.10. The lowest BCUT2D eigenvalue weighted by molar-refractivity contribution is 0.751. The molecular formula is C11H14N4S2. The van der Waals surface area contributed by atoms with Gasteiger partial charge in [0.15, 0.2) is 4.34 Å². The zero-order chi connectivity index (χ0) is 12.4. The van der Waals surface area contributed by atoms with Crippen molar-refractivity contribution < 1.29 is 0 Å². The highest BCUT2D eigenvalue weighted by molar-refractivity contribution is 8.01. The summed E-state index contributed by atoms with van der Waals surface area (Å²) in [5.41, 5.74) is 6.83. The first-order chi connectivity index (χ1) is 8.08. The molecule has 0 fully saturated rings. The fraction of sp³-hybridized carbons (Fsp3) is 0.364. The standard InChI is InChI=1S/C11H14N4S2/c1-6(2)9-14-8(12)7(3)10(15-9)17-11-13-4-5-16-11/h4-6H,1-3H3,(H2,12,14,15). The van der Waals surface area contributed by atoms with E-state index in [9.17, 15) is 0 Å². The Morgan fingerprint density at radius 3 is 2.71 bits per heavy atom. The van der Waals surface area contributed by atoms with Crippen LogP contribution in [0.15, 0.2) is 20.9 Å². The summed E-state index contributed by atoms with van der Waals surface area (Å²) in [5.74, 6) is 1.61. The molecule has 0 radical (unpaired) electrons. The van der Waals surface area contributed by atoms with Crippen LogP contribution in [0.4, 0.5) is 5.82 Å². The van der Waals surface area contributed by atoms with Crippen molar-refractivity contribution in [3.63, 3.8) is 0 Å². The Labute approximate surface area is 109 Å². The highest BCUT2D eigenvalue weighted by Gasteiger charge is 2.13. The lowest BCUT2D eigenvalue weighted by Gasteiger charge is -2.10. The Morgan fingerprint density at radius 2 is 2.12 bits per heavy atom. The van der Waals surface area contributed by atoms with Gasteiger partial charge in [-0.05, 0) is 18.7 Å². The number of rotatable bonds is 3. The van der Waals surface area contributed by atoms with Crippen molar-refractivity contribution in [3.8, 4) is 0 Å². The van der Waals surface area contributed by atoms with Gasteiger partial charge in [-0.2, -0.15) is 0 Å². The molecule has 2 rings (SSSR count). The van der Waals surface area contributed by atoms with Gasteiger partial charge >= 0.3 is 0 Å². The second-order valence-corrected chi connectivity index (χ2v) is 6.08. The van der Waals surface area contributed by atoms with Crippen LogP contribution in [0.1, 0.15) is 31.2 Å². The van der Waals surface area contributed by atoms with Crippen molar-refractivity contribution in [2.24, 2.45) is 0 Å². The average Bonchev–Trinajstić information content (AvgIpc) is 2.77. The van der Waals surface area contributed by atoms with Crippen LogP contribution in [0, 0.1) is 6.92 Å². The molecule has 2 heterocycles. The van der Waals surface area contributed by atoms with Gasteiger partial charge in [-0.1, -0.05) is 13.8 Å². The van der Waals surface area contributed by atoms with E-state index >= 15 is 0 Å². The number of thiazole rings is 1. The second kappa shape index (κ2) is 5.01. The molecular weight excluding hydrogens is 252 g/mol. The van der Waals surface area contributed by atoms with Crippen LogP contribution < -0.4 is 5.73 Å². The molecule has 2 aromatic rings. The molecule has 0 aliphatic carbocycles. The molecule has 0 unspecified atom stereocenters. The molecule has 90 valence electrons. The van der Waals surface area contributed by atoms with Crippen LogP contribution >= 0.6 is 23.1 Å². The maximum atomic E-state index is 5.91. The molecule has 2 N–H and O–H groups in total. The molecule has 0 aliphatic heterocycles. The van der Waals surface area contributed by atoms with Gasteiger partial charge in [0.25, 0.3) is 0 Å². The normalized spacial score (nSPS) is 11.1. The second-order valence-electron chi connectivity index (χ2n) is 3.95. The molecule has 2 aromatic heterocycles. The van der Waals surface area contributed by atoms with Crippen LogP contribution in [-0.4, -0.2) is 15.0 Å². The largest absolute Gasteiger partial charge is 0.383 e. The molecule has 4 nitrogen and oxygen atoms in total. The lowest BCUT2D eigenvalue weighted by Crippen LogP contribution is -2.05. The minimum absolute atomic E-state index is 0.272. The van der Waals surface area contributed by atoms with E-state index in [1.807, 2.05) is 12.3 Å². The van der Waals surface area contributed by atoms with E-state index in [0.29, 0.717) is 5.82 Å². The van der Waals surface area contributed by atoms with E-state index in [-0.39, 0.29) is 5.92 Å². The van der Waals surface area contributed by atoms with E-state index in [1.54, 1.807) is 29.3 Å². The molecule has 0 aromatic carbocycles. The van der Waals surface area contributed by atoms with Crippen LogP contribution in [0.25, 0.3) is 0 Å². The molecule has 0 saturated heterocycles. The van der Waals surface area contributed by atoms with Crippen LogP contribution in [0.2, 0.25) is 0 Å². The Morgan fingerprint density at radius 1 is 1.35 bits per heavy atom. The molecule has 0 amide bonds. The number of nitrogen functional groups attached to an aromatic ring is 1. The SMILES string of the molecule is Cc1c(N)nc(C(C)C)nc1Sc1nccs1. The lowest BCUT2D eigenvalue weighted by atomic mass is 10.2. The van der Waals surface area contributed by atoms with Gasteiger partial charge in [-0.3, -0.25) is 0 Å². The minimum atomic E-state index is 0.272. The van der Waals surface area contributed by atoms with Crippen molar-refractivity contribution in [2.75, 3.05) is 5.73 Å².